The molecular formula is C16H23ClN2O3. The van der Waals surface area contributed by atoms with Crippen molar-refractivity contribution in [3.8, 4) is 0 Å². The van der Waals surface area contributed by atoms with Gasteiger partial charge < -0.3 is 9.47 Å². The molecule has 1 heterocycles. The average Bonchev–Trinajstić information content (AvgIpc) is 2.56. The molecule has 0 amide bonds. The highest BCUT2D eigenvalue weighted by molar-refractivity contribution is 6.31. The van der Waals surface area contributed by atoms with Crippen LogP contribution >= 0.6 is 11.6 Å². The van der Waals surface area contributed by atoms with Crippen LogP contribution in [0.1, 0.15) is 11.6 Å². The van der Waals surface area contributed by atoms with Crippen LogP contribution < -0.4 is 0 Å². The molecule has 1 aliphatic heterocycles. The highest BCUT2D eigenvalue weighted by atomic mass is 35.5. The summed E-state index contributed by atoms with van der Waals surface area (Å²) in [6.07, 6.45) is 0. The minimum Gasteiger partial charge on any atom is -0.468 e. The summed E-state index contributed by atoms with van der Waals surface area (Å²) in [4.78, 5) is 16.7. The quantitative estimate of drug-likeness (QED) is 0.746. The molecule has 1 aromatic rings. The lowest BCUT2D eigenvalue weighted by molar-refractivity contribution is -0.148. The van der Waals surface area contributed by atoms with Crippen molar-refractivity contribution in [3.05, 3.63) is 34.9 Å². The molecule has 1 aromatic carbocycles. The van der Waals surface area contributed by atoms with Crippen molar-refractivity contribution in [1.82, 2.24) is 9.80 Å². The first-order chi connectivity index (χ1) is 10.7. The summed E-state index contributed by atoms with van der Waals surface area (Å²) in [5.41, 5.74) is 0.807. The van der Waals surface area contributed by atoms with E-state index in [1.807, 2.05) is 24.3 Å². The summed E-state index contributed by atoms with van der Waals surface area (Å²) >= 11 is 6.28. The van der Waals surface area contributed by atoms with Gasteiger partial charge >= 0.3 is 5.97 Å². The number of carbonyl (C=O) groups is 1. The number of hydrogen-bond acceptors (Lipinski definition) is 5. The fourth-order valence-corrected chi connectivity index (χ4v) is 2.99. The van der Waals surface area contributed by atoms with Gasteiger partial charge in [0.1, 0.15) is 6.04 Å². The molecule has 0 saturated carbocycles. The van der Waals surface area contributed by atoms with E-state index in [0.717, 1.165) is 44.9 Å². The Kier molecular flexibility index (Phi) is 6.64. The van der Waals surface area contributed by atoms with E-state index < -0.39 is 6.04 Å². The van der Waals surface area contributed by atoms with Gasteiger partial charge in [-0.2, -0.15) is 0 Å². The maximum absolute atomic E-state index is 12.3. The molecule has 6 heteroatoms. The van der Waals surface area contributed by atoms with Crippen LogP contribution in [0.4, 0.5) is 0 Å². The van der Waals surface area contributed by atoms with Crippen LogP contribution in [-0.2, 0) is 14.3 Å². The maximum atomic E-state index is 12.3. The summed E-state index contributed by atoms with van der Waals surface area (Å²) < 4.78 is 10.1. The zero-order valence-electron chi connectivity index (χ0n) is 13.1. The average molecular weight is 327 g/mol. The van der Waals surface area contributed by atoms with E-state index in [0.29, 0.717) is 5.02 Å². The van der Waals surface area contributed by atoms with Crippen LogP contribution in [-0.4, -0.2) is 69.3 Å². The van der Waals surface area contributed by atoms with Gasteiger partial charge in [0, 0.05) is 44.9 Å². The third-order valence-electron chi connectivity index (χ3n) is 4.01. The highest BCUT2D eigenvalue weighted by Crippen LogP contribution is 2.29. The van der Waals surface area contributed by atoms with Crippen LogP contribution in [0.25, 0.3) is 0 Å². The lowest BCUT2D eigenvalue weighted by Gasteiger charge is -2.38. The molecule has 0 aliphatic carbocycles. The highest BCUT2D eigenvalue weighted by Gasteiger charge is 2.32. The SMILES string of the molecule is COCCN1CCN([C@@H](C(=O)OC)c2ccccc2Cl)CC1. The molecular weight excluding hydrogens is 304 g/mol. The number of halogens is 1. The largest absolute Gasteiger partial charge is 0.468 e. The van der Waals surface area contributed by atoms with E-state index in [-0.39, 0.29) is 5.97 Å². The zero-order chi connectivity index (χ0) is 15.9. The van der Waals surface area contributed by atoms with Crippen LogP contribution in [0, 0.1) is 0 Å². The smallest absolute Gasteiger partial charge is 0.327 e. The second kappa shape index (κ2) is 8.48. The molecule has 0 spiro atoms. The van der Waals surface area contributed by atoms with Crippen LogP contribution in [0.15, 0.2) is 24.3 Å². The predicted molar refractivity (Wildman–Crippen MR) is 86.1 cm³/mol. The zero-order valence-corrected chi connectivity index (χ0v) is 13.9. The van der Waals surface area contributed by atoms with Crippen LogP contribution in [0.2, 0.25) is 5.02 Å². The molecule has 22 heavy (non-hydrogen) atoms. The summed E-state index contributed by atoms with van der Waals surface area (Å²) in [5.74, 6) is -0.265. The van der Waals surface area contributed by atoms with Crippen molar-refractivity contribution in [3.63, 3.8) is 0 Å². The number of hydrogen-bond donors (Lipinski definition) is 0. The number of nitrogens with zero attached hydrogens (tertiary/aromatic N) is 2. The fraction of sp³-hybridized carbons (Fsp3) is 0.562. The number of rotatable bonds is 6. The second-order valence-electron chi connectivity index (χ2n) is 5.32. The molecule has 0 aromatic heterocycles. The molecule has 1 saturated heterocycles. The Hall–Kier alpha value is -1.14. The Morgan fingerprint density at radius 1 is 1.23 bits per heavy atom. The molecule has 1 atom stereocenters. The normalized spacial score (nSPS) is 18.1. The van der Waals surface area contributed by atoms with Gasteiger partial charge in [0.25, 0.3) is 0 Å². The van der Waals surface area contributed by atoms with Crippen molar-refractivity contribution >= 4 is 17.6 Å². The molecule has 5 nitrogen and oxygen atoms in total. The molecule has 0 N–H and O–H groups in total. The third kappa shape index (κ3) is 4.20. The standard InChI is InChI=1S/C16H23ClN2O3/c1-21-12-11-18-7-9-19(10-8-18)15(16(20)22-2)13-5-3-4-6-14(13)17/h3-6,15H,7-12H2,1-2H3/t15-/m1/s1. The van der Waals surface area contributed by atoms with Gasteiger partial charge in [-0.05, 0) is 11.6 Å². The molecule has 1 aliphatic rings. The van der Waals surface area contributed by atoms with Crippen LogP contribution in [0.5, 0.6) is 0 Å². The van der Waals surface area contributed by atoms with Crippen molar-refractivity contribution in [2.45, 2.75) is 6.04 Å². The van der Waals surface area contributed by atoms with Gasteiger partial charge in [-0.15, -0.1) is 0 Å². The van der Waals surface area contributed by atoms with Crippen molar-refractivity contribution in [1.29, 1.82) is 0 Å². The topological polar surface area (TPSA) is 42.0 Å². The third-order valence-corrected chi connectivity index (χ3v) is 4.35. The Balaban J connectivity index is 2.09. The maximum Gasteiger partial charge on any atom is 0.327 e. The molecule has 122 valence electrons. The van der Waals surface area contributed by atoms with Gasteiger partial charge in [-0.3, -0.25) is 9.80 Å². The van der Waals surface area contributed by atoms with E-state index in [1.165, 1.54) is 7.11 Å². The second-order valence-corrected chi connectivity index (χ2v) is 5.72. The van der Waals surface area contributed by atoms with Gasteiger partial charge in [-0.25, -0.2) is 4.79 Å². The van der Waals surface area contributed by atoms with E-state index in [2.05, 4.69) is 9.80 Å². The van der Waals surface area contributed by atoms with Gasteiger partial charge in [-0.1, -0.05) is 29.8 Å². The summed E-state index contributed by atoms with van der Waals surface area (Å²) in [6, 6.07) is 7.01. The Labute approximate surface area is 136 Å². The number of piperazine rings is 1. The number of methoxy groups -OCH3 is 2. The first-order valence-corrected chi connectivity index (χ1v) is 7.82. The first kappa shape index (κ1) is 17.2. The summed E-state index contributed by atoms with van der Waals surface area (Å²) in [7, 11) is 3.13. The molecule has 0 radical (unpaired) electrons. The monoisotopic (exact) mass is 326 g/mol. The summed E-state index contributed by atoms with van der Waals surface area (Å²) in [5, 5.41) is 0.597. The lowest BCUT2D eigenvalue weighted by Crippen LogP contribution is -2.50. The number of benzene rings is 1. The van der Waals surface area contributed by atoms with Gasteiger partial charge in [0.15, 0.2) is 0 Å². The molecule has 0 unspecified atom stereocenters. The van der Waals surface area contributed by atoms with E-state index in [4.69, 9.17) is 21.1 Å². The van der Waals surface area contributed by atoms with Gasteiger partial charge in [0.2, 0.25) is 0 Å². The van der Waals surface area contributed by atoms with Crippen molar-refractivity contribution in [2.75, 3.05) is 53.6 Å². The van der Waals surface area contributed by atoms with E-state index in [9.17, 15) is 4.79 Å². The van der Waals surface area contributed by atoms with Crippen LogP contribution in [0.3, 0.4) is 0 Å². The van der Waals surface area contributed by atoms with E-state index >= 15 is 0 Å². The first-order valence-electron chi connectivity index (χ1n) is 7.45. The molecule has 2 rings (SSSR count). The summed E-state index contributed by atoms with van der Waals surface area (Å²) in [6.45, 7) is 5.05. The predicted octanol–water partition coefficient (Wildman–Crippen LogP) is 1.82. The Morgan fingerprint density at radius 2 is 1.91 bits per heavy atom. The minimum atomic E-state index is -0.441. The lowest BCUT2D eigenvalue weighted by atomic mass is 10.0. The Bertz CT molecular complexity index is 490. The number of esters is 1. The number of carbonyl (C=O) groups excluding carboxylic acids is 1. The fourth-order valence-electron chi connectivity index (χ4n) is 2.75. The molecule has 0 bridgehead atoms. The van der Waals surface area contributed by atoms with Gasteiger partial charge in [0.05, 0.1) is 13.7 Å². The molecule has 1 fully saturated rings. The van der Waals surface area contributed by atoms with Crippen molar-refractivity contribution in [2.24, 2.45) is 0 Å². The van der Waals surface area contributed by atoms with Crippen molar-refractivity contribution < 1.29 is 14.3 Å². The minimum absolute atomic E-state index is 0.265. The Morgan fingerprint density at radius 3 is 2.50 bits per heavy atom. The van der Waals surface area contributed by atoms with E-state index in [1.54, 1.807) is 7.11 Å². The number of ether oxygens (including phenoxy) is 2.